The Hall–Kier alpha value is -0.0400. The average molecular weight is 203 g/mol. The van der Waals surface area contributed by atoms with Crippen LogP contribution < -0.4 is 5.32 Å². The zero-order chi connectivity index (χ0) is 12.0. The number of rotatable bonds is 3. The van der Waals surface area contributed by atoms with Gasteiger partial charge in [0.05, 0.1) is 0 Å². The van der Waals surface area contributed by atoms with Crippen LogP contribution in [0.4, 0.5) is 0 Å². The first-order valence-electron chi connectivity index (χ1n) is 6.12. The molecule has 0 bridgehead atoms. The Morgan fingerprint density at radius 3 is 1.43 bits per heavy atom. The molecule has 0 aliphatic heterocycles. The lowest BCUT2D eigenvalue weighted by Gasteiger charge is -2.12. The third-order valence-corrected chi connectivity index (χ3v) is 1.84. The summed E-state index contributed by atoms with van der Waals surface area (Å²) in [5.74, 6) is 0. The molecular formula is C13H33N. The molecule has 0 atom stereocenters. The number of hydrogen-bond acceptors (Lipinski definition) is 1. The van der Waals surface area contributed by atoms with Crippen LogP contribution in [0.2, 0.25) is 0 Å². The minimum absolute atomic E-state index is 0.542. The molecule has 0 aliphatic rings. The van der Waals surface area contributed by atoms with E-state index < -0.39 is 0 Å². The van der Waals surface area contributed by atoms with Crippen molar-refractivity contribution in [2.75, 3.05) is 13.6 Å². The maximum Gasteiger partial charge on any atom is -0.00520 e. The largest absolute Gasteiger partial charge is 0.320 e. The molecule has 0 amide bonds. The summed E-state index contributed by atoms with van der Waals surface area (Å²) in [5, 5.41) is 3.07. The topological polar surface area (TPSA) is 12.0 Å². The van der Waals surface area contributed by atoms with Crippen molar-refractivity contribution >= 4 is 0 Å². The molecule has 0 heterocycles. The van der Waals surface area contributed by atoms with Gasteiger partial charge in [0.15, 0.2) is 0 Å². The maximum absolute atomic E-state index is 3.07. The van der Waals surface area contributed by atoms with Gasteiger partial charge in [-0.3, -0.25) is 0 Å². The molecule has 0 saturated heterocycles. The zero-order valence-corrected chi connectivity index (χ0v) is 11.8. The maximum atomic E-state index is 3.07. The Kier molecular flexibility index (Phi) is 21.5. The van der Waals surface area contributed by atoms with Crippen molar-refractivity contribution in [3.63, 3.8) is 0 Å². The Balaban J connectivity index is -0.000000147. The first-order chi connectivity index (χ1) is 6.47. The molecule has 0 aromatic heterocycles. The van der Waals surface area contributed by atoms with Gasteiger partial charge in [0.25, 0.3) is 0 Å². The molecular weight excluding hydrogens is 170 g/mol. The monoisotopic (exact) mass is 203 g/mol. The number of unbranched alkanes of at least 4 members (excludes halogenated alkanes) is 1. The lowest BCUT2D eigenvalue weighted by atomic mass is 9.94. The van der Waals surface area contributed by atoms with Crippen LogP contribution in [0.5, 0.6) is 0 Å². The molecule has 1 heteroatoms. The highest BCUT2D eigenvalue weighted by atomic mass is 14.8. The van der Waals surface area contributed by atoms with Gasteiger partial charge in [-0.25, -0.2) is 0 Å². The SMILES string of the molecule is CC.CCC(C)(C)C.CCCCNC. The predicted octanol–water partition coefficient (Wildman–Crippen LogP) is 4.47. The average Bonchev–Trinajstić information content (AvgIpc) is 2.18. The van der Waals surface area contributed by atoms with Crippen molar-refractivity contribution in [2.45, 2.75) is 67.7 Å². The third-order valence-electron chi connectivity index (χ3n) is 1.84. The van der Waals surface area contributed by atoms with E-state index in [-0.39, 0.29) is 0 Å². The molecule has 1 N–H and O–H groups in total. The quantitative estimate of drug-likeness (QED) is 0.667. The van der Waals surface area contributed by atoms with Gasteiger partial charge in [0.1, 0.15) is 0 Å². The van der Waals surface area contributed by atoms with Crippen molar-refractivity contribution in [1.82, 2.24) is 5.32 Å². The molecule has 0 radical (unpaired) electrons. The molecule has 0 aromatic carbocycles. The molecule has 0 fully saturated rings. The lowest BCUT2D eigenvalue weighted by Crippen LogP contribution is -2.06. The van der Waals surface area contributed by atoms with Crippen molar-refractivity contribution in [3.05, 3.63) is 0 Å². The van der Waals surface area contributed by atoms with Gasteiger partial charge in [-0.2, -0.15) is 0 Å². The normalized spacial score (nSPS) is 9.43. The highest BCUT2D eigenvalue weighted by Gasteiger charge is 2.03. The highest BCUT2D eigenvalue weighted by molar-refractivity contribution is 4.55. The minimum atomic E-state index is 0.542. The Morgan fingerprint density at radius 2 is 1.36 bits per heavy atom. The fraction of sp³-hybridized carbons (Fsp3) is 1.00. The molecule has 0 rings (SSSR count). The molecule has 0 spiro atoms. The minimum Gasteiger partial charge on any atom is -0.320 e. The molecule has 1 nitrogen and oxygen atoms in total. The van der Waals surface area contributed by atoms with E-state index in [1.165, 1.54) is 19.3 Å². The summed E-state index contributed by atoms with van der Waals surface area (Å²) >= 11 is 0. The molecule has 0 unspecified atom stereocenters. The van der Waals surface area contributed by atoms with Gasteiger partial charge < -0.3 is 5.32 Å². The van der Waals surface area contributed by atoms with Crippen molar-refractivity contribution in [1.29, 1.82) is 0 Å². The third kappa shape index (κ3) is 40.4. The highest BCUT2D eigenvalue weighted by Crippen LogP contribution is 2.16. The summed E-state index contributed by atoms with van der Waals surface area (Å²) in [5.41, 5.74) is 0.542. The molecule has 0 aliphatic carbocycles. The van der Waals surface area contributed by atoms with Gasteiger partial charge in [0, 0.05) is 0 Å². The van der Waals surface area contributed by atoms with Crippen LogP contribution in [0.1, 0.15) is 67.7 Å². The van der Waals surface area contributed by atoms with Crippen LogP contribution in [-0.4, -0.2) is 13.6 Å². The Labute approximate surface area is 92.7 Å². The zero-order valence-electron chi connectivity index (χ0n) is 11.8. The van der Waals surface area contributed by atoms with Crippen LogP contribution >= 0.6 is 0 Å². The molecule has 14 heavy (non-hydrogen) atoms. The second-order valence-corrected chi connectivity index (χ2v) is 4.37. The summed E-state index contributed by atoms with van der Waals surface area (Å²) in [6.07, 6.45) is 3.87. The van der Waals surface area contributed by atoms with Gasteiger partial charge in [0.2, 0.25) is 0 Å². The lowest BCUT2D eigenvalue weighted by molar-refractivity contribution is 0.398. The number of hydrogen-bond donors (Lipinski definition) is 1. The van der Waals surface area contributed by atoms with E-state index in [4.69, 9.17) is 0 Å². The van der Waals surface area contributed by atoms with E-state index in [0.717, 1.165) is 6.54 Å². The molecule has 0 saturated carbocycles. The van der Waals surface area contributed by atoms with Crippen molar-refractivity contribution in [3.8, 4) is 0 Å². The first-order valence-corrected chi connectivity index (χ1v) is 6.12. The van der Waals surface area contributed by atoms with Crippen LogP contribution in [0.15, 0.2) is 0 Å². The van der Waals surface area contributed by atoms with Gasteiger partial charge in [-0.05, 0) is 25.4 Å². The van der Waals surface area contributed by atoms with Crippen molar-refractivity contribution in [2.24, 2.45) is 5.41 Å². The predicted molar refractivity (Wildman–Crippen MR) is 69.9 cm³/mol. The first kappa shape index (κ1) is 19.5. The van der Waals surface area contributed by atoms with E-state index >= 15 is 0 Å². The fourth-order valence-electron chi connectivity index (χ4n) is 0.354. The summed E-state index contributed by atoms with van der Waals surface area (Å²) < 4.78 is 0. The van der Waals surface area contributed by atoms with E-state index in [9.17, 15) is 0 Å². The Bertz CT molecular complexity index is 67.8. The Morgan fingerprint density at radius 1 is 1.00 bits per heavy atom. The second kappa shape index (κ2) is 15.4. The fourth-order valence-corrected chi connectivity index (χ4v) is 0.354. The second-order valence-electron chi connectivity index (χ2n) is 4.37. The summed E-state index contributed by atoms with van der Waals surface area (Å²) in [4.78, 5) is 0. The van der Waals surface area contributed by atoms with Gasteiger partial charge in [-0.15, -0.1) is 0 Å². The summed E-state index contributed by atoms with van der Waals surface area (Å²) in [7, 11) is 1.98. The standard InChI is InChI=1S/C6H14.C5H13N.C2H6/c1-5-6(2,3)4;1-3-4-5-6-2;1-2/h5H2,1-4H3;6H,3-5H2,1-2H3;1-2H3. The van der Waals surface area contributed by atoms with Crippen LogP contribution in [0.25, 0.3) is 0 Å². The van der Waals surface area contributed by atoms with E-state index in [1.54, 1.807) is 0 Å². The van der Waals surface area contributed by atoms with Crippen LogP contribution in [-0.2, 0) is 0 Å². The molecule has 0 aromatic rings. The van der Waals surface area contributed by atoms with Crippen LogP contribution in [0.3, 0.4) is 0 Å². The summed E-state index contributed by atoms with van der Waals surface area (Å²) in [6, 6.07) is 0. The number of nitrogens with one attached hydrogen (secondary N) is 1. The van der Waals surface area contributed by atoms with E-state index in [2.05, 4.69) is 39.9 Å². The molecule has 90 valence electrons. The van der Waals surface area contributed by atoms with Crippen molar-refractivity contribution < 1.29 is 0 Å². The summed E-state index contributed by atoms with van der Waals surface area (Å²) in [6.45, 7) is 16.3. The van der Waals surface area contributed by atoms with E-state index in [1.807, 2.05) is 20.9 Å². The van der Waals surface area contributed by atoms with Crippen LogP contribution in [0, 0.1) is 5.41 Å². The van der Waals surface area contributed by atoms with Gasteiger partial charge in [-0.1, -0.05) is 61.3 Å². The van der Waals surface area contributed by atoms with Gasteiger partial charge >= 0.3 is 0 Å². The van der Waals surface area contributed by atoms with E-state index in [0.29, 0.717) is 5.41 Å². The smallest absolute Gasteiger partial charge is 0.00520 e.